The van der Waals surface area contributed by atoms with Crippen LogP contribution in [0.2, 0.25) is 6.55 Å². The molecule has 0 saturated heterocycles. The van der Waals surface area contributed by atoms with Gasteiger partial charge in [-0.2, -0.15) is 0 Å². The summed E-state index contributed by atoms with van der Waals surface area (Å²) >= 11 is 0. The maximum atomic E-state index is 5.79. The van der Waals surface area contributed by atoms with E-state index in [1.54, 1.807) is 0 Å². The van der Waals surface area contributed by atoms with Crippen LogP contribution in [-0.2, 0) is 4.43 Å². The Bertz CT molecular complexity index is 171. The van der Waals surface area contributed by atoms with Crippen LogP contribution in [0.5, 0.6) is 0 Å². The number of hydrogen-bond donors (Lipinski definition) is 0. The van der Waals surface area contributed by atoms with Crippen molar-refractivity contribution < 1.29 is 4.43 Å². The quantitative estimate of drug-likeness (QED) is 0.625. The van der Waals surface area contributed by atoms with Gasteiger partial charge in [-0.25, -0.2) is 0 Å². The Labute approximate surface area is 83.2 Å². The lowest BCUT2D eigenvalue weighted by atomic mass is 10.9. The minimum Gasteiger partial charge on any atom is -0.400 e. The topological polar surface area (TPSA) is 15.7 Å². The first-order valence-electron chi connectivity index (χ1n) is 4.59. The summed E-state index contributed by atoms with van der Waals surface area (Å²) in [5.74, 6) is 0. The summed E-state index contributed by atoms with van der Waals surface area (Å²) in [7, 11) is 6.41. The Kier molecular flexibility index (Phi) is 5.28. The Hall–Kier alpha value is -0.323. The van der Waals surface area contributed by atoms with Crippen LogP contribution in [0.25, 0.3) is 0 Å². The highest BCUT2D eigenvalue weighted by molar-refractivity contribution is 6.74. The highest BCUT2D eigenvalue weighted by atomic mass is 28.4. The van der Waals surface area contributed by atoms with Crippen LogP contribution in [0.4, 0.5) is 0 Å². The highest BCUT2D eigenvalue weighted by Crippen LogP contribution is 2.09. The SMILES string of the molecule is CCO[Si](C)(C=CN(C)C)N(C)C. The van der Waals surface area contributed by atoms with Gasteiger partial charge in [0.15, 0.2) is 0 Å². The molecule has 3 nitrogen and oxygen atoms in total. The molecule has 0 fully saturated rings. The molecule has 1 unspecified atom stereocenters. The molecular weight excluding hydrogens is 180 g/mol. The average Bonchev–Trinajstić information content (AvgIpc) is 2.01. The zero-order chi connectivity index (χ0) is 10.5. The first-order chi connectivity index (χ1) is 5.92. The molecule has 0 N–H and O–H groups in total. The molecule has 78 valence electrons. The molecule has 0 aliphatic heterocycles. The van der Waals surface area contributed by atoms with Gasteiger partial charge in [0.05, 0.1) is 0 Å². The molecule has 0 heterocycles. The van der Waals surface area contributed by atoms with Crippen LogP contribution in [0.15, 0.2) is 11.9 Å². The molecule has 0 aliphatic carbocycles. The van der Waals surface area contributed by atoms with Gasteiger partial charge in [-0.05, 0) is 39.5 Å². The van der Waals surface area contributed by atoms with Crippen LogP contribution in [0, 0.1) is 0 Å². The lowest BCUT2D eigenvalue weighted by molar-refractivity contribution is 0.290. The number of hydrogen-bond acceptors (Lipinski definition) is 3. The van der Waals surface area contributed by atoms with Gasteiger partial charge in [-0.1, -0.05) is 0 Å². The molecule has 0 saturated carbocycles. The van der Waals surface area contributed by atoms with Crippen LogP contribution in [0.3, 0.4) is 0 Å². The van der Waals surface area contributed by atoms with Gasteiger partial charge < -0.3 is 13.9 Å². The molecule has 0 aromatic heterocycles. The van der Waals surface area contributed by atoms with E-state index >= 15 is 0 Å². The van der Waals surface area contributed by atoms with Crippen LogP contribution < -0.4 is 0 Å². The second-order valence-electron chi connectivity index (χ2n) is 3.66. The van der Waals surface area contributed by atoms with Crippen molar-refractivity contribution in [3.63, 3.8) is 0 Å². The van der Waals surface area contributed by atoms with Crippen molar-refractivity contribution in [2.75, 3.05) is 34.8 Å². The molecule has 1 atom stereocenters. The smallest absolute Gasteiger partial charge is 0.295 e. The summed E-state index contributed by atoms with van der Waals surface area (Å²) in [6.45, 7) is 5.01. The van der Waals surface area contributed by atoms with E-state index in [1.165, 1.54) is 0 Å². The van der Waals surface area contributed by atoms with E-state index in [0.717, 1.165) is 6.61 Å². The fourth-order valence-corrected chi connectivity index (χ4v) is 2.72. The van der Waals surface area contributed by atoms with E-state index in [-0.39, 0.29) is 0 Å². The first-order valence-corrected chi connectivity index (χ1v) is 7.03. The van der Waals surface area contributed by atoms with E-state index in [2.05, 4.69) is 37.1 Å². The summed E-state index contributed by atoms with van der Waals surface area (Å²) in [5, 5.41) is 0. The van der Waals surface area contributed by atoms with E-state index < -0.39 is 8.48 Å². The molecule has 0 aromatic carbocycles. The van der Waals surface area contributed by atoms with Gasteiger partial charge in [0.1, 0.15) is 0 Å². The fourth-order valence-electron chi connectivity index (χ4n) is 0.906. The third-order valence-corrected chi connectivity index (χ3v) is 5.42. The molecule has 4 heteroatoms. The van der Waals surface area contributed by atoms with E-state index in [4.69, 9.17) is 4.43 Å². The summed E-state index contributed by atoms with van der Waals surface area (Å²) < 4.78 is 7.98. The highest BCUT2D eigenvalue weighted by Gasteiger charge is 2.28. The maximum absolute atomic E-state index is 5.79. The van der Waals surface area contributed by atoms with Crippen molar-refractivity contribution in [3.05, 3.63) is 11.9 Å². The summed E-state index contributed by atoms with van der Waals surface area (Å²) in [4.78, 5) is 2.04. The van der Waals surface area contributed by atoms with E-state index in [1.807, 2.05) is 25.9 Å². The van der Waals surface area contributed by atoms with E-state index in [0.29, 0.717) is 0 Å². The predicted octanol–water partition coefficient (Wildman–Crippen LogP) is 1.27. The zero-order valence-corrected chi connectivity index (χ0v) is 10.7. The van der Waals surface area contributed by atoms with E-state index in [9.17, 15) is 0 Å². The Morgan fingerprint density at radius 1 is 1.23 bits per heavy atom. The normalized spacial score (nSPS) is 16.5. The predicted molar refractivity (Wildman–Crippen MR) is 59.8 cm³/mol. The third kappa shape index (κ3) is 4.45. The molecule has 0 radical (unpaired) electrons. The van der Waals surface area contributed by atoms with Crippen molar-refractivity contribution in [2.45, 2.75) is 13.5 Å². The lowest BCUT2D eigenvalue weighted by Gasteiger charge is -2.30. The second-order valence-corrected chi connectivity index (χ2v) is 7.29. The third-order valence-electron chi connectivity index (χ3n) is 2.01. The Morgan fingerprint density at radius 2 is 1.77 bits per heavy atom. The van der Waals surface area contributed by atoms with Gasteiger partial charge in [0, 0.05) is 20.7 Å². The van der Waals surface area contributed by atoms with Crippen molar-refractivity contribution in [1.82, 2.24) is 9.47 Å². The van der Waals surface area contributed by atoms with Crippen molar-refractivity contribution in [3.8, 4) is 0 Å². The monoisotopic (exact) mass is 202 g/mol. The molecule has 13 heavy (non-hydrogen) atoms. The van der Waals surface area contributed by atoms with Crippen molar-refractivity contribution >= 4 is 8.48 Å². The van der Waals surface area contributed by atoms with Gasteiger partial charge in [-0.15, -0.1) is 0 Å². The van der Waals surface area contributed by atoms with Gasteiger partial charge in [-0.3, -0.25) is 0 Å². The Balaban J connectivity index is 4.40. The summed E-state index contributed by atoms with van der Waals surface area (Å²) in [6.07, 6.45) is 2.07. The largest absolute Gasteiger partial charge is 0.400 e. The average molecular weight is 202 g/mol. The minimum atomic E-state index is -1.78. The minimum absolute atomic E-state index is 0.776. The molecule has 0 rings (SSSR count). The summed E-state index contributed by atoms with van der Waals surface area (Å²) in [5.41, 5.74) is 2.19. The number of rotatable bonds is 5. The fraction of sp³-hybridized carbons (Fsp3) is 0.778. The first kappa shape index (κ1) is 12.7. The van der Waals surface area contributed by atoms with Crippen molar-refractivity contribution in [2.24, 2.45) is 0 Å². The van der Waals surface area contributed by atoms with Crippen LogP contribution >= 0.6 is 0 Å². The zero-order valence-electron chi connectivity index (χ0n) is 9.66. The standard InChI is InChI=1S/C9H22N2OSi/c1-7-12-13(6,11(4)5)9-8-10(2)3/h8-9H,7H2,1-6H3. The van der Waals surface area contributed by atoms with Gasteiger partial charge >= 0.3 is 0 Å². The maximum Gasteiger partial charge on any atom is 0.295 e. The number of nitrogens with zero attached hydrogens (tertiary/aromatic N) is 2. The molecular formula is C9H22N2OSi. The molecule has 0 bridgehead atoms. The second kappa shape index (κ2) is 5.42. The lowest BCUT2D eigenvalue weighted by Crippen LogP contribution is -2.48. The Morgan fingerprint density at radius 3 is 2.08 bits per heavy atom. The van der Waals surface area contributed by atoms with Gasteiger partial charge in [0.25, 0.3) is 8.48 Å². The van der Waals surface area contributed by atoms with Crippen molar-refractivity contribution in [1.29, 1.82) is 0 Å². The van der Waals surface area contributed by atoms with Gasteiger partial charge in [0.2, 0.25) is 0 Å². The molecule has 0 aliphatic rings. The molecule has 0 aromatic rings. The molecule has 0 amide bonds. The van der Waals surface area contributed by atoms with Crippen LogP contribution in [-0.4, -0.2) is 52.7 Å². The molecule has 0 spiro atoms. The summed E-state index contributed by atoms with van der Waals surface area (Å²) in [6, 6.07) is 0. The van der Waals surface area contributed by atoms with Crippen LogP contribution in [0.1, 0.15) is 6.92 Å².